The summed E-state index contributed by atoms with van der Waals surface area (Å²) in [5.74, 6) is -4.74. The molecule has 0 saturated carbocycles. The number of halogens is 3. The van der Waals surface area contributed by atoms with Crippen molar-refractivity contribution in [1.29, 1.82) is 0 Å². The lowest BCUT2D eigenvalue weighted by Gasteiger charge is -2.07. The van der Waals surface area contributed by atoms with Crippen LogP contribution in [0.5, 0.6) is 0 Å². The van der Waals surface area contributed by atoms with Crippen LogP contribution >= 0.6 is 22.9 Å². The maximum atomic E-state index is 14.4. The molecule has 0 unspecified atom stereocenters. The summed E-state index contributed by atoms with van der Waals surface area (Å²) in [7, 11) is 0. The van der Waals surface area contributed by atoms with Crippen LogP contribution in [0.2, 0.25) is 5.02 Å². The normalized spacial score (nSPS) is 11.1. The third-order valence-corrected chi connectivity index (χ3v) is 5.47. The minimum absolute atomic E-state index is 0.0523. The zero-order valence-electron chi connectivity index (χ0n) is 15.1. The van der Waals surface area contributed by atoms with Crippen LogP contribution in [0.4, 0.5) is 13.8 Å². The van der Waals surface area contributed by atoms with Crippen molar-refractivity contribution in [1.82, 2.24) is 4.98 Å². The topological polar surface area (TPSA) is 92.4 Å². The molecule has 10 heteroatoms. The van der Waals surface area contributed by atoms with Gasteiger partial charge in [-0.25, -0.2) is 18.6 Å². The Kier molecular flexibility index (Phi) is 5.00. The van der Waals surface area contributed by atoms with Crippen LogP contribution in [0.1, 0.15) is 26.6 Å². The summed E-state index contributed by atoms with van der Waals surface area (Å²) in [5.41, 5.74) is 0.136. The van der Waals surface area contributed by atoms with Crippen molar-refractivity contribution in [3.8, 4) is 11.1 Å². The van der Waals surface area contributed by atoms with Crippen molar-refractivity contribution in [2.75, 3.05) is 5.32 Å². The number of carbonyl (C=O) groups excluding carboxylic acids is 1. The highest BCUT2D eigenvalue weighted by Crippen LogP contribution is 2.38. The largest absolute Gasteiger partial charge is 0.478 e. The van der Waals surface area contributed by atoms with Crippen LogP contribution in [0.25, 0.3) is 22.2 Å². The van der Waals surface area contributed by atoms with Gasteiger partial charge in [0.15, 0.2) is 17.2 Å². The minimum Gasteiger partial charge on any atom is -0.478 e. The van der Waals surface area contributed by atoms with Crippen molar-refractivity contribution in [3.05, 3.63) is 69.4 Å². The van der Waals surface area contributed by atoms with E-state index < -0.39 is 23.5 Å². The first kappa shape index (κ1) is 20.0. The fourth-order valence-electron chi connectivity index (χ4n) is 2.87. The molecule has 4 aromatic rings. The second-order valence-corrected chi connectivity index (χ2v) is 7.62. The predicted molar refractivity (Wildman–Crippen MR) is 108 cm³/mol. The van der Waals surface area contributed by atoms with Crippen LogP contribution in [-0.4, -0.2) is 22.0 Å². The molecular weight excluding hydrogens is 438 g/mol. The zero-order valence-corrected chi connectivity index (χ0v) is 16.7. The molecule has 0 bridgehead atoms. The van der Waals surface area contributed by atoms with Crippen LogP contribution in [0.3, 0.4) is 0 Å². The van der Waals surface area contributed by atoms with Crippen molar-refractivity contribution in [2.45, 2.75) is 6.92 Å². The number of carbonyl (C=O) groups is 2. The fourth-order valence-corrected chi connectivity index (χ4v) is 3.98. The Morgan fingerprint density at radius 2 is 1.93 bits per heavy atom. The van der Waals surface area contributed by atoms with Gasteiger partial charge < -0.3 is 14.8 Å². The second-order valence-electron chi connectivity index (χ2n) is 6.30. The fraction of sp³-hybridized carbons (Fsp3) is 0.0500. The molecule has 0 atom stereocenters. The van der Waals surface area contributed by atoms with E-state index in [9.17, 15) is 23.5 Å². The van der Waals surface area contributed by atoms with E-state index in [-0.39, 0.29) is 33.1 Å². The smallest absolute Gasteiger partial charge is 0.339 e. The summed E-state index contributed by atoms with van der Waals surface area (Å²) < 4.78 is 33.7. The number of hydrogen-bond acceptors (Lipinski definition) is 5. The minimum atomic E-state index is -1.41. The molecule has 2 N–H and O–H groups in total. The number of thiophene rings is 1. The van der Waals surface area contributed by atoms with Crippen molar-refractivity contribution < 1.29 is 27.9 Å². The van der Waals surface area contributed by atoms with E-state index in [4.69, 9.17) is 16.0 Å². The number of hydrogen-bond donors (Lipinski definition) is 2. The highest BCUT2D eigenvalue weighted by molar-refractivity contribution is 7.15. The number of anilines is 1. The Morgan fingerprint density at radius 3 is 2.67 bits per heavy atom. The van der Waals surface area contributed by atoms with Crippen LogP contribution in [-0.2, 0) is 0 Å². The zero-order chi connectivity index (χ0) is 21.6. The van der Waals surface area contributed by atoms with E-state index in [0.717, 1.165) is 11.3 Å². The molecule has 0 aliphatic carbocycles. The Balaban J connectivity index is 1.72. The molecule has 4 rings (SSSR count). The van der Waals surface area contributed by atoms with Crippen LogP contribution in [0, 0.1) is 18.6 Å². The molecule has 1 amide bonds. The number of carboxylic acid groups (broad SMARTS) is 1. The van der Waals surface area contributed by atoms with Gasteiger partial charge in [0.1, 0.15) is 16.1 Å². The average molecular weight is 449 g/mol. The van der Waals surface area contributed by atoms with Gasteiger partial charge in [-0.1, -0.05) is 23.7 Å². The Bertz CT molecular complexity index is 1330. The van der Waals surface area contributed by atoms with Gasteiger partial charge in [0, 0.05) is 21.5 Å². The van der Waals surface area contributed by atoms with E-state index in [1.807, 2.05) is 0 Å². The Hall–Kier alpha value is -3.30. The summed E-state index contributed by atoms with van der Waals surface area (Å²) in [5, 5.41) is 13.7. The summed E-state index contributed by atoms with van der Waals surface area (Å²) in [6.45, 7) is 1.40. The number of nitrogens with one attached hydrogen (secondary N) is 1. The third-order valence-electron chi connectivity index (χ3n) is 4.34. The number of fused-ring (bicyclic) bond motifs is 1. The lowest BCUT2D eigenvalue weighted by Crippen LogP contribution is -2.14. The molecule has 2 heterocycles. The highest BCUT2D eigenvalue weighted by Gasteiger charge is 2.26. The van der Waals surface area contributed by atoms with Gasteiger partial charge in [-0.15, -0.1) is 11.3 Å². The van der Waals surface area contributed by atoms with Gasteiger partial charge in [-0.2, -0.15) is 0 Å². The standard InChI is InChI=1S/C20H11ClF2N2O4S/c1-8-2-4-10(16(23)15(8)22)11-7-30-19(14(11)20(27)28)25-17(26)18-24-12-6-9(21)3-5-13(12)29-18/h2-7H,1H3,(H,25,26)(H,27,28). The van der Waals surface area contributed by atoms with Gasteiger partial charge in [0.05, 0.1) is 0 Å². The highest BCUT2D eigenvalue weighted by atomic mass is 35.5. The number of aromatic carboxylic acids is 1. The van der Waals surface area contributed by atoms with Crippen LogP contribution in [0.15, 0.2) is 40.1 Å². The quantitative estimate of drug-likeness (QED) is 0.415. The maximum absolute atomic E-state index is 14.4. The number of aryl methyl sites for hydroxylation is 1. The molecule has 30 heavy (non-hydrogen) atoms. The number of rotatable bonds is 4. The van der Waals surface area contributed by atoms with E-state index in [0.29, 0.717) is 16.1 Å². The van der Waals surface area contributed by atoms with E-state index >= 15 is 0 Å². The molecule has 152 valence electrons. The lowest BCUT2D eigenvalue weighted by atomic mass is 10.0. The summed E-state index contributed by atoms with van der Waals surface area (Å²) in [6.07, 6.45) is 0. The number of benzene rings is 2. The number of amides is 1. The first-order chi connectivity index (χ1) is 14.3. The van der Waals surface area contributed by atoms with E-state index in [2.05, 4.69) is 10.3 Å². The third kappa shape index (κ3) is 3.42. The van der Waals surface area contributed by atoms with Gasteiger partial charge in [-0.05, 0) is 30.7 Å². The van der Waals surface area contributed by atoms with E-state index in [1.54, 1.807) is 12.1 Å². The molecule has 0 saturated heterocycles. The van der Waals surface area contributed by atoms with Crippen LogP contribution < -0.4 is 5.32 Å². The van der Waals surface area contributed by atoms with Gasteiger partial charge in [0.25, 0.3) is 5.89 Å². The average Bonchev–Trinajstić information content (AvgIpc) is 3.30. The molecule has 2 aromatic heterocycles. The van der Waals surface area contributed by atoms with Crippen molar-refractivity contribution in [2.24, 2.45) is 0 Å². The molecule has 6 nitrogen and oxygen atoms in total. The molecule has 2 aromatic carbocycles. The first-order valence-electron chi connectivity index (χ1n) is 8.43. The Morgan fingerprint density at radius 1 is 1.17 bits per heavy atom. The lowest BCUT2D eigenvalue weighted by molar-refractivity contribution is 0.0699. The summed E-state index contributed by atoms with van der Waals surface area (Å²) in [4.78, 5) is 28.4. The Labute approximate surface area is 176 Å². The van der Waals surface area contributed by atoms with Crippen molar-refractivity contribution >= 4 is 50.9 Å². The van der Waals surface area contributed by atoms with Gasteiger partial charge >= 0.3 is 11.9 Å². The number of nitrogens with zero attached hydrogens (tertiary/aromatic N) is 1. The molecule has 0 fully saturated rings. The van der Waals surface area contributed by atoms with Crippen molar-refractivity contribution in [3.63, 3.8) is 0 Å². The molecule has 0 aliphatic rings. The number of aromatic nitrogens is 1. The summed E-state index contributed by atoms with van der Waals surface area (Å²) in [6, 6.07) is 7.26. The predicted octanol–water partition coefficient (Wildman–Crippen LogP) is 5.75. The second kappa shape index (κ2) is 7.51. The number of carboxylic acids is 1. The first-order valence-corrected chi connectivity index (χ1v) is 9.69. The number of oxazole rings is 1. The van der Waals surface area contributed by atoms with Gasteiger partial charge in [0.2, 0.25) is 0 Å². The summed E-state index contributed by atoms with van der Waals surface area (Å²) >= 11 is 6.74. The maximum Gasteiger partial charge on any atom is 0.339 e. The molecule has 0 spiro atoms. The van der Waals surface area contributed by atoms with Gasteiger partial charge in [-0.3, -0.25) is 4.79 Å². The molecule has 0 aliphatic heterocycles. The molecular formula is C20H11ClF2N2O4S. The molecule has 0 radical (unpaired) electrons. The monoisotopic (exact) mass is 448 g/mol. The SMILES string of the molecule is Cc1ccc(-c2csc(NC(=O)c3nc4cc(Cl)ccc4o3)c2C(=O)O)c(F)c1F. The van der Waals surface area contributed by atoms with E-state index in [1.165, 1.54) is 30.5 Å².